The van der Waals surface area contributed by atoms with E-state index in [-0.39, 0.29) is 6.61 Å². The molecule has 1 aromatic carbocycles. The van der Waals surface area contributed by atoms with E-state index in [0.29, 0.717) is 16.7 Å². The van der Waals surface area contributed by atoms with Crippen molar-refractivity contribution >= 4 is 11.6 Å². The maximum Gasteiger partial charge on any atom is 0.143 e. The van der Waals surface area contributed by atoms with Crippen molar-refractivity contribution in [2.45, 2.75) is 19.4 Å². The lowest BCUT2D eigenvalue weighted by Crippen LogP contribution is -2.02. The fourth-order valence-electron chi connectivity index (χ4n) is 1.33. The zero-order valence-electron chi connectivity index (χ0n) is 7.87. The molecule has 1 aliphatic rings. The third-order valence-electron chi connectivity index (χ3n) is 2.38. The molecule has 0 radical (unpaired) electrons. The summed E-state index contributed by atoms with van der Waals surface area (Å²) in [7, 11) is 0. The van der Waals surface area contributed by atoms with Crippen LogP contribution in [0.4, 0.5) is 0 Å². The molecule has 1 N–H and O–H groups in total. The third kappa shape index (κ3) is 2.20. The van der Waals surface area contributed by atoms with Gasteiger partial charge >= 0.3 is 0 Å². The number of rotatable bonds is 4. The normalized spacial score (nSPS) is 15.6. The minimum absolute atomic E-state index is 0.0272. The smallest absolute Gasteiger partial charge is 0.143 e. The van der Waals surface area contributed by atoms with E-state index in [0.717, 1.165) is 12.2 Å². The molecule has 0 spiro atoms. The number of ether oxygens (including phenoxy) is 1. The van der Waals surface area contributed by atoms with Gasteiger partial charge in [0.1, 0.15) is 5.75 Å². The van der Waals surface area contributed by atoms with Gasteiger partial charge in [-0.05, 0) is 24.8 Å². The van der Waals surface area contributed by atoms with Gasteiger partial charge < -0.3 is 9.84 Å². The minimum Gasteiger partial charge on any atom is -0.491 e. The van der Waals surface area contributed by atoms with Gasteiger partial charge in [-0.25, -0.2) is 0 Å². The van der Waals surface area contributed by atoms with E-state index >= 15 is 0 Å². The number of aliphatic hydroxyl groups excluding tert-OH is 1. The van der Waals surface area contributed by atoms with Crippen LogP contribution in [-0.4, -0.2) is 11.7 Å². The van der Waals surface area contributed by atoms with Crippen LogP contribution in [-0.2, 0) is 6.61 Å². The highest BCUT2D eigenvalue weighted by molar-refractivity contribution is 6.32. The fraction of sp³-hybridized carbons (Fsp3) is 0.455. The molecule has 0 atom stereocenters. The van der Waals surface area contributed by atoms with Crippen molar-refractivity contribution < 1.29 is 9.84 Å². The largest absolute Gasteiger partial charge is 0.491 e. The van der Waals surface area contributed by atoms with Gasteiger partial charge in [0.05, 0.1) is 18.2 Å². The van der Waals surface area contributed by atoms with Gasteiger partial charge in [0.2, 0.25) is 0 Å². The highest BCUT2D eigenvalue weighted by Crippen LogP contribution is 2.33. The predicted molar refractivity (Wildman–Crippen MR) is 55.6 cm³/mol. The fourth-order valence-corrected chi connectivity index (χ4v) is 1.57. The van der Waals surface area contributed by atoms with Gasteiger partial charge in [-0.15, -0.1) is 0 Å². The highest BCUT2D eigenvalue weighted by atomic mass is 35.5. The average Bonchev–Trinajstić information content (AvgIpc) is 2.99. The summed E-state index contributed by atoms with van der Waals surface area (Å²) in [5.41, 5.74) is 0.762. The molecule has 0 saturated heterocycles. The Morgan fingerprint density at radius 3 is 2.86 bits per heavy atom. The standard InChI is InChI=1S/C11H13ClO2/c12-10-3-1-2-9(6-13)11(10)14-7-8-4-5-8/h1-3,8,13H,4-7H2. The Hall–Kier alpha value is -0.730. The van der Waals surface area contributed by atoms with Crippen LogP contribution in [0.25, 0.3) is 0 Å². The summed E-state index contributed by atoms with van der Waals surface area (Å²) in [6.45, 7) is 0.692. The van der Waals surface area contributed by atoms with Crippen molar-refractivity contribution in [2.24, 2.45) is 5.92 Å². The lowest BCUT2D eigenvalue weighted by atomic mass is 10.2. The van der Waals surface area contributed by atoms with Crippen LogP contribution in [0.1, 0.15) is 18.4 Å². The molecule has 1 saturated carbocycles. The molecule has 14 heavy (non-hydrogen) atoms. The van der Waals surface area contributed by atoms with Crippen LogP contribution in [0.3, 0.4) is 0 Å². The van der Waals surface area contributed by atoms with Crippen LogP contribution in [0, 0.1) is 5.92 Å². The van der Waals surface area contributed by atoms with Crippen molar-refractivity contribution in [3.8, 4) is 5.75 Å². The monoisotopic (exact) mass is 212 g/mol. The number of benzene rings is 1. The van der Waals surface area contributed by atoms with E-state index < -0.39 is 0 Å². The lowest BCUT2D eigenvalue weighted by Gasteiger charge is -2.10. The van der Waals surface area contributed by atoms with E-state index in [1.807, 2.05) is 12.1 Å². The Bertz CT molecular complexity index is 321. The molecule has 1 aromatic rings. The second kappa shape index (κ2) is 4.20. The number of para-hydroxylation sites is 1. The van der Waals surface area contributed by atoms with Gasteiger partial charge in [0, 0.05) is 5.56 Å². The van der Waals surface area contributed by atoms with E-state index in [2.05, 4.69) is 0 Å². The van der Waals surface area contributed by atoms with E-state index in [1.54, 1.807) is 6.07 Å². The van der Waals surface area contributed by atoms with Crippen molar-refractivity contribution in [2.75, 3.05) is 6.61 Å². The summed E-state index contributed by atoms with van der Waals surface area (Å²) < 4.78 is 5.59. The molecule has 0 aliphatic heterocycles. The van der Waals surface area contributed by atoms with Gasteiger partial charge in [0.25, 0.3) is 0 Å². The van der Waals surface area contributed by atoms with Gasteiger partial charge in [-0.2, -0.15) is 0 Å². The Morgan fingerprint density at radius 2 is 2.21 bits per heavy atom. The summed E-state index contributed by atoms with van der Waals surface area (Å²) in [5.74, 6) is 1.33. The van der Waals surface area contributed by atoms with Crippen molar-refractivity contribution in [3.63, 3.8) is 0 Å². The van der Waals surface area contributed by atoms with E-state index in [4.69, 9.17) is 21.4 Å². The van der Waals surface area contributed by atoms with E-state index in [9.17, 15) is 0 Å². The summed E-state index contributed by atoms with van der Waals surface area (Å²) in [5, 5.41) is 9.67. The lowest BCUT2D eigenvalue weighted by molar-refractivity contribution is 0.258. The molecule has 1 fully saturated rings. The quantitative estimate of drug-likeness (QED) is 0.832. The molecule has 1 aliphatic carbocycles. The van der Waals surface area contributed by atoms with Crippen molar-refractivity contribution in [1.29, 1.82) is 0 Å². The minimum atomic E-state index is -0.0272. The first kappa shape index (κ1) is 9.81. The van der Waals surface area contributed by atoms with E-state index in [1.165, 1.54) is 12.8 Å². The molecular formula is C11H13ClO2. The molecule has 0 unspecified atom stereocenters. The second-order valence-corrected chi connectivity index (χ2v) is 4.05. The zero-order chi connectivity index (χ0) is 9.97. The number of hydrogen-bond acceptors (Lipinski definition) is 2. The first-order chi connectivity index (χ1) is 6.81. The molecule has 76 valence electrons. The van der Waals surface area contributed by atoms with Crippen LogP contribution in [0.15, 0.2) is 18.2 Å². The van der Waals surface area contributed by atoms with Crippen LogP contribution in [0.5, 0.6) is 5.75 Å². The first-order valence-corrected chi connectivity index (χ1v) is 5.20. The molecule has 2 rings (SSSR count). The molecule has 0 amide bonds. The third-order valence-corrected chi connectivity index (χ3v) is 2.68. The number of halogens is 1. The first-order valence-electron chi connectivity index (χ1n) is 4.82. The Balaban J connectivity index is 2.11. The van der Waals surface area contributed by atoms with Gasteiger partial charge in [-0.3, -0.25) is 0 Å². The molecule has 0 bridgehead atoms. The predicted octanol–water partition coefficient (Wildman–Crippen LogP) is 2.62. The Kier molecular flexibility index (Phi) is 2.94. The van der Waals surface area contributed by atoms with Crippen LogP contribution >= 0.6 is 11.6 Å². The molecular weight excluding hydrogens is 200 g/mol. The van der Waals surface area contributed by atoms with Crippen molar-refractivity contribution in [3.05, 3.63) is 28.8 Å². The second-order valence-electron chi connectivity index (χ2n) is 3.64. The summed E-state index contributed by atoms with van der Waals surface area (Å²) in [6.07, 6.45) is 2.50. The highest BCUT2D eigenvalue weighted by Gasteiger charge is 2.22. The molecule has 3 heteroatoms. The molecule has 0 heterocycles. The topological polar surface area (TPSA) is 29.5 Å². The van der Waals surface area contributed by atoms with Crippen LogP contribution in [0.2, 0.25) is 5.02 Å². The maximum absolute atomic E-state index is 9.09. The Labute approximate surface area is 88.5 Å². The number of hydrogen-bond donors (Lipinski definition) is 1. The van der Waals surface area contributed by atoms with Crippen LogP contribution < -0.4 is 4.74 Å². The average molecular weight is 213 g/mol. The number of aliphatic hydroxyl groups is 1. The SMILES string of the molecule is OCc1cccc(Cl)c1OCC1CC1. The van der Waals surface area contributed by atoms with Gasteiger partial charge in [0.15, 0.2) is 0 Å². The summed E-state index contributed by atoms with van der Waals surface area (Å²) >= 11 is 5.98. The molecule has 2 nitrogen and oxygen atoms in total. The summed E-state index contributed by atoms with van der Waals surface area (Å²) in [6, 6.07) is 5.43. The van der Waals surface area contributed by atoms with Gasteiger partial charge in [-0.1, -0.05) is 23.7 Å². The summed E-state index contributed by atoms with van der Waals surface area (Å²) in [4.78, 5) is 0. The van der Waals surface area contributed by atoms with Crippen molar-refractivity contribution in [1.82, 2.24) is 0 Å². The maximum atomic E-state index is 9.09. The zero-order valence-corrected chi connectivity index (χ0v) is 8.63. The Morgan fingerprint density at radius 1 is 1.43 bits per heavy atom. The molecule has 0 aromatic heterocycles.